The van der Waals surface area contributed by atoms with Gasteiger partial charge in [0.2, 0.25) is 0 Å². The van der Waals surface area contributed by atoms with Crippen LogP contribution < -0.4 is 0 Å². The zero-order chi connectivity index (χ0) is 15.1. The number of halogens is 5. The molecule has 0 aliphatic carbocycles. The topological polar surface area (TPSA) is 20.2 Å². The summed E-state index contributed by atoms with van der Waals surface area (Å²) in [7, 11) is 0. The molecule has 0 fully saturated rings. The lowest BCUT2D eigenvalue weighted by Crippen LogP contribution is -2.09. The Kier molecular flexibility index (Phi) is 3.84. The van der Waals surface area contributed by atoms with E-state index >= 15 is 0 Å². The van der Waals surface area contributed by atoms with Crippen molar-refractivity contribution in [3.63, 3.8) is 0 Å². The minimum absolute atomic E-state index is 0.151. The molecule has 0 amide bonds. The van der Waals surface area contributed by atoms with Crippen molar-refractivity contribution in [2.75, 3.05) is 0 Å². The predicted molar refractivity (Wildman–Crippen MR) is 65.3 cm³/mol. The summed E-state index contributed by atoms with van der Waals surface area (Å²) < 4.78 is 64.6. The number of alkyl halides is 3. The summed E-state index contributed by atoms with van der Waals surface area (Å²) in [6.45, 7) is 1.41. The van der Waals surface area contributed by atoms with Gasteiger partial charge in [-0.1, -0.05) is 0 Å². The fourth-order valence-electron chi connectivity index (χ4n) is 1.76. The molecule has 0 aliphatic rings. The van der Waals surface area contributed by atoms with Crippen LogP contribution in [0.15, 0.2) is 18.2 Å². The average Bonchev–Trinajstić information content (AvgIpc) is 2.71. The molecule has 1 aromatic heterocycles. The monoisotopic (exact) mass is 308 g/mol. The van der Waals surface area contributed by atoms with Crippen LogP contribution in [0, 0.1) is 18.6 Å². The fourth-order valence-corrected chi connectivity index (χ4v) is 2.81. The van der Waals surface area contributed by atoms with E-state index in [9.17, 15) is 22.0 Å². The van der Waals surface area contributed by atoms with E-state index in [1.807, 2.05) is 0 Å². The lowest BCUT2D eigenvalue weighted by Gasteiger charge is -2.10. The van der Waals surface area contributed by atoms with Gasteiger partial charge in [0.1, 0.15) is 11.6 Å². The molecule has 1 aromatic carbocycles. The number of hydrogen-bond acceptors (Lipinski definition) is 2. The summed E-state index contributed by atoms with van der Waals surface area (Å²) in [6, 6.07) is 2.18. The number of aliphatic hydroxyl groups is 1. The second-order valence-electron chi connectivity index (χ2n) is 4.18. The predicted octanol–water partition coefficient (Wildman–Crippen LogP) is 4.51. The van der Waals surface area contributed by atoms with Crippen LogP contribution in [0.25, 0.3) is 10.4 Å². The Balaban J connectivity index is 2.56. The molecule has 1 N–H and O–H groups in total. The number of hydrogen-bond donors (Lipinski definition) is 1. The van der Waals surface area contributed by atoms with E-state index in [0.717, 1.165) is 11.3 Å². The Labute approximate surface area is 115 Å². The summed E-state index contributed by atoms with van der Waals surface area (Å²) in [5.41, 5.74) is -1.20. The Morgan fingerprint density at radius 3 is 2.25 bits per heavy atom. The van der Waals surface area contributed by atoms with E-state index in [2.05, 4.69) is 0 Å². The van der Waals surface area contributed by atoms with Crippen molar-refractivity contribution >= 4 is 11.3 Å². The zero-order valence-corrected chi connectivity index (χ0v) is 11.0. The smallest absolute Gasteiger partial charge is 0.391 e. The third kappa shape index (κ3) is 2.69. The minimum Gasteiger partial charge on any atom is -0.391 e. The number of aryl methyl sites for hydroxylation is 1. The number of rotatable bonds is 2. The third-order valence-electron chi connectivity index (χ3n) is 2.79. The van der Waals surface area contributed by atoms with Crippen molar-refractivity contribution < 1.29 is 27.1 Å². The van der Waals surface area contributed by atoms with Crippen LogP contribution in [0.3, 0.4) is 0 Å². The first-order chi connectivity index (χ1) is 9.24. The highest BCUT2D eigenvalue weighted by molar-refractivity contribution is 7.15. The van der Waals surface area contributed by atoms with Gasteiger partial charge in [-0.2, -0.15) is 13.2 Å². The van der Waals surface area contributed by atoms with Crippen LogP contribution in [0.1, 0.15) is 16.0 Å². The molecule has 108 valence electrons. The van der Waals surface area contributed by atoms with Gasteiger partial charge in [0, 0.05) is 15.3 Å². The van der Waals surface area contributed by atoms with Crippen LogP contribution in [0.2, 0.25) is 0 Å². The Bertz CT molecular complexity index is 645. The molecule has 0 saturated heterocycles. The molecule has 0 bridgehead atoms. The largest absolute Gasteiger partial charge is 0.419 e. The van der Waals surface area contributed by atoms with Gasteiger partial charge in [0.15, 0.2) is 0 Å². The molecule has 2 rings (SSSR count). The van der Waals surface area contributed by atoms with E-state index in [1.165, 1.54) is 6.07 Å². The molecule has 0 saturated carbocycles. The van der Waals surface area contributed by atoms with E-state index in [4.69, 9.17) is 5.11 Å². The molecule has 0 aliphatic heterocycles. The van der Waals surface area contributed by atoms with Gasteiger partial charge in [0.05, 0.1) is 12.2 Å². The highest BCUT2D eigenvalue weighted by atomic mass is 32.1. The SMILES string of the molecule is Cc1cc(-c2cc(F)c(C(F)(F)F)cc2F)sc1CO. The van der Waals surface area contributed by atoms with Crippen LogP contribution >= 0.6 is 11.3 Å². The highest BCUT2D eigenvalue weighted by Crippen LogP contribution is 2.38. The van der Waals surface area contributed by atoms with E-state index < -0.39 is 23.4 Å². The van der Waals surface area contributed by atoms with Gasteiger partial charge in [-0.3, -0.25) is 0 Å². The first kappa shape index (κ1) is 14.9. The van der Waals surface area contributed by atoms with Crippen molar-refractivity contribution in [2.24, 2.45) is 0 Å². The summed E-state index contributed by atoms with van der Waals surface area (Å²) in [5.74, 6) is -2.67. The van der Waals surface area contributed by atoms with Gasteiger partial charge >= 0.3 is 6.18 Å². The zero-order valence-electron chi connectivity index (χ0n) is 10.2. The lowest BCUT2D eigenvalue weighted by molar-refractivity contribution is -0.140. The summed E-state index contributed by atoms with van der Waals surface area (Å²) in [5, 5.41) is 9.05. The van der Waals surface area contributed by atoms with E-state index in [-0.39, 0.29) is 23.1 Å². The van der Waals surface area contributed by atoms with Crippen molar-refractivity contribution in [3.05, 3.63) is 45.8 Å². The van der Waals surface area contributed by atoms with Crippen LogP contribution in [0.5, 0.6) is 0 Å². The maximum atomic E-state index is 13.8. The molecule has 0 atom stereocenters. The summed E-state index contributed by atoms with van der Waals surface area (Å²) in [4.78, 5) is 0.830. The molecule has 1 heterocycles. The first-order valence-electron chi connectivity index (χ1n) is 5.50. The fraction of sp³-hybridized carbons (Fsp3) is 0.231. The van der Waals surface area contributed by atoms with Crippen LogP contribution in [0.4, 0.5) is 22.0 Å². The summed E-state index contributed by atoms with van der Waals surface area (Å²) >= 11 is 1.01. The maximum Gasteiger partial charge on any atom is 0.419 e. The van der Waals surface area contributed by atoms with Gasteiger partial charge in [0.25, 0.3) is 0 Å². The van der Waals surface area contributed by atoms with Crippen molar-refractivity contribution in [1.82, 2.24) is 0 Å². The van der Waals surface area contributed by atoms with Gasteiger partial charge in [-0.25, -0.2) is 8.78 Å². The molecular weight excluding hydrogens is 299 g/mol. The lowest BCUT2D eigenvalue weighted by atomic mass is 10.1. The molecule has 2 aromatic rings. The van der Waals surface area contributed by atoms with Crippen molar-refractivity contribution in [2.45, 2.75) is 19.7 Å². The highest BCUT2D eigenvalue weighted by Gasteiger charge is 2.35. The summed E-state index contributed by atoms with van der Waals surface area (Å²) in [6.07, 6.45) is -4.94. The van der Waals surface area contributed by atoms with Crippen LogP contribution in [-0.4, -0.2) is 5.11 Å². The number of aliphatic hydroxyl groups excluding tert-OH is 1. The minimum atomic E-state index is -4.94. The van der Waals surface area contributed by atoms with E-state index in [0.29, 0.717) is 16.5 Å². The number of benzene rings is 1. The Hall–Kier alpha value is -1.47. The third-order valence-corrected chi connectivity index (χ3v) is 4.05. The van der Waals surface area contributed by atoms with Crippen molar-refractivity contribution in [1.29, 1.82) is 0 Å². The molecule has 1 nitrogen and oxygen atoms in total. The molecule has 20 heavy (non-hydrogen) atoms. The second-order valence-corrected chi connectivity index (χ2v) is 5.32. The Morgan fingerprint density at radius 1 is 1.10 bits per heavy atom. The molecule has 0 radical (unpaired) electrons. The first-order valence-corrected chi connectivity index (χ1v) is 6.32. The quantitative estimate of drug-likeness (QED) is 0.809. The van der Waals surface area contributed by atoms with E-state index in [1.54, 1.807) is 6.92 Å². The Morgan fingerprint density at radius 2 is 1.75 bits per heavy atom. The van der Waals surface area contributed by atoms with Gasteiger partial charge in [-0.15, -0.1) is 11.3 Å². The normalized spacial score (nSPS) is 11.9. The van der Waals surface area contributed by atoms with Crippen molar-refractivity contribution in [3.8, 4) is 10.4 Å². The maximum absolute atomic E-state index is 13.8. The average molecular weight is 308 g/mol. The molecule has 0 unspecified atom stereocenters. The number of thiophene rings is 1. The van der Waals surface area contributed by atoms with Crippen LogP contribution in [-0.2, 0) is 12.8 Å². The molecular formula is C13H9F5OS. The second kappa shape index (κ2) is 5.14. The van der Waals surface area contributed by atoms with Gasteiger partial charge < -0.3 is 5.11 Å². The van der Waals surface area contributed by atoms with Gasteiger partial charge in [-0.05, 0) is 30.7 Å². The molecule has 0 spiro atoms. The molecule has 7 heteroatoms. The standard InChI is InChI=1S/C13H9F5OS/c1-6-2-11(20-12(6)5-19)7-3-10(15)8(4-9(7)14)13(16,17)18/h2-4,19H,5H2,1H3.